The fraction of sp³-hybridized carbons (Fsp3) is 0.172. The number of nitrogens with zero attached hydrogens (tertiary/aromatic N) is 6. The largest absolute Gasteiger partial charge is 0.442 e. The number of anilines is 2. The van der Waals surface area contributed by atoms with Gasteiger partial charge in [-0.3, -0.25) is 9.36 Å². The van der Waals surface area contributed by atoms with Gasteiger partial charge in [0.1, 0.15) is 17.5 Å². The average Bonchev–Trinajstić information content (AvgIpc) is 3.56. The fourth-order valence-corrected chi connectivity index (χ4v) is 4.12. The zero-order valence-corrected chi connectivity index (χ0v) is 21.9. The van der Waals surface area contributed by atoms with Gasteiger partial charge in [0.15, 0.2) is 0 Å². The van der Waals surface area contributed by atoms with Gasteiger partial charge in [-0.05, 0) is 56.7 Å². The van der Waals surface area contributed by atoms with E-state index in [2.05, 4.69) is 26.5 Å². The molecule has 0 spiro atoms. The maximum absolute atomic E-state index is 14.1. The normalized spacial score (nSPS) is 11.3. The lowest BCUT2D eigenvalue weighted by Crippen LogP contribution is -2.27. The van der Waals surface area contributed by atoms with Gasteiger partial charge in [-0.15, -0.1) is 0 Å². The molecule has 0 atom stereocenters. The van der Waals surface area contributed by atoms with Gasteiger partial charge < -0.3 is 10.1 Å². The molecule has 40 heavy (non-hydrogen) atoms. The summed E-state index contributed by atoms with van der Waals surface area (Å²) in [4.78, 5) is 34.0. The highest BCUT2D eigenvalue weighted by atomic mass is 19.1. The summed E-state index contributed by atoms with van der Waals surface area (Å²) in [5.74, 6) is -0.567. The first kappa shape index (κ1) is 26.2. The van der Waals surface area contributed by atoms with E-state index >= 15 is 0 Å². The van der Waals surface area contributed by atoms with Gasteiger partial charge in [-0.25, -0.2) is 19.2 Å². The number of carbonyl (C=O) groups excluding carboxylic acids is 2. The van der Waals surface area contributed by atoms with Crippen LogP contribution in [-0.4, -0.2) is 41.9 Å². The van der Waals surface area contributed by atoms with E-state index in [1.807, 2.05) is 6.07 Å². The quantitative estimate of drug-likeness (QED) is 0.302. The lowest BCUT2D eigenvalue weighted by molar-refractivity contribution is 0.0514. The molecule has 0 saturated carbocycles. The van der Waals surface area contributed by atoms with Crippen molar-refractivity contribution in [3.8, 4) is 17.3 Å². The van der Waals surface area contributed by atoms with Crippen LogP contribution >= 0.6 is 0 Å². The first-order chi connectivity index (χ1) is 19.1. The van der Waals surface area contributed by atoms with E-state index in [0.29, 0.717) is 27.8 Å². The summed E-state index contributed by atoms with van der Waals surface area (Å²) >= 11 is 0. The second-order valence-corrected chi connectivity index (χ2v) is 9.97. The standard InChI is InChI=1S/C29H24FN7O3/c1-29(2,3)40-28(39)37-17-22(16-33-37)34-27-32-10-8-24(35-27)20-12-19-9-11-36(26(19)21(13-20)15-31)25(38)14-18-6-4-5-7-23(18)30/h4-13,16-17H,14H2,1-3H3,(H,32,34,35). The van der Waals surface area contributed by atoms with Crippen LogP contribution in [0.5, 0.6) is 0 Å². The van der Waals surface area contributed by atoms with Crippen LogP contribution < -0.4 is 5.32 Å². The summed E-state index contributed by atoms with van der Waals surface area (Å²) in [7, 11) is 0. The van der Waals surface area contributed by atoms with Crippen molar-refractivity contribution in [1.82, 2.24) is 24.3 Å². The Bertz CT molecular complexity index is 1790. The Hall–Kier alpha value is -5.37. The van der Waals surface area contributed by atoms with E-state index in [9.17, 15) is 19.2 Å². The maximum Gasteiger partial charge on any atom is 0.435 e. The van der Waals surface area contributed by atoms with Crippen LogP contribution in [0.25, 0.3) is 22.2 Å². The van der Waals surface area contributed by atoms with Gasteiger partial charge in [-0.2, -0.15) is 15.0 Å². The topological polar surface area (TPSA) is 128 Å². The zero-order chi connectivity index (χ0) is 28.4. The van der Waals surface area contributed by atoms with Crippen molar-refractivity contribution in [2.24, 2.45) is 0 Å². The summed E-state index contributed by atoms with van der Waals surface area (Å²) in [5.41, 5.74) is 1.97. The first-order valence-electron chi connectivity index (χ1n) is 12.3. The number of hydrogen-bond acceptors (Lipinski definition) is 8. The number of nitrogens with one attached hydrogen (secondary N) is 1. The molecule has 2 aromatic carbocycles. The fourth-order valence-electron chi connectivity index (χ4n) is 4.12. The van der Waals surface area contributed by atoms with E-state index in [1.54, 1.807) is 69.6 Å². The molecular formula is C29H24FN7O3. The molecular weight excluding hydrogens is 513 g/mol. The molecule has 0 amide bonds. The minimum atomic E-state index is -0.661. The Kier molecular flexibility index (Phi) is 6.83. The Labute approximate surface area is 228 Å². The van der Waals surface area contributed by atoms with Crippen LogP contribution in [0.2, 0.25) is 0 Å². The third kappa shape index (κ3) is 5.56. The molecule has 11 heteroatoms. The summed E-state index contributed by atoms with van der Waals surface area (Å²) in [5, 5.41) is 17.6. The predicted octanol–water partition coefficient (Wildman–Crippen LogP) is 5.72. The highest BCUT2D eigenvalue weighted by Crippen LogP contribution is 2.29. The number of nitriles is 1. The maximum atomic E-state index is 14.1. The molecule has 3 heterocycles. The zero-order valence-electron chi connectivity index (χ0n) is 21.9. The summed E-state index contributed by atoms with van der Waals surface area (Å²) in [6, 6.07) is 15.1. The van der Waals surface area contributed by atoms with Crippen molar-refractivity contribution in [2.45, 2.75) is 32.8 Å². The monoisotopic (exact) mass is 537 g/mol. The Morgan fingerprint density at radius 1 is 1.15 bits per heavy atom. The van der Waals surface area contributed by atoms with Gasteiger partial charge in [0.25, 0.3) is 0 Å². The third-order valence-electron chi connectivity index (χ3n) is 5.84. The lowest BCUT2D eigenvalue weighted by atomic mass is 10.0. The Morgan fingerprint density at radius 2 is 1.95 bits per heavy atom. The summed E-state index contributed by atoms with van der Waals surface area (Å²) < 4.78 is 21.9. The van der Waals surface area contributed by atoms with E-state index in [0.717, 1.165) is 4.68 Å². The van der Waals surface area contributed by atoms with Gasteiger partial charge in [-0.1, -0.05) is 18.2 Å². The summed E-state index contributed by atoms with van der Waals surface area (Å²) in [6.45, 7) is 5.29. The highest BCUT2D eigenvalue weighted by Gasteiger charge is 2.19. The molecule has 0 bridgehead atoms. The van der Waals surface area contributed by atoms with Crippen LogP contribution in [0.1, 0.15) is 36.7 Å². The number of aromatic nitrogens is 5. The molecule has 200 valence electrons. The number of carbonyl (C=O) groups is 2. The Morgan fingerprint density at radius 3 is 2.70 bits per heavy atom. The summed E-state index contributed by atoms with van der Waals surface area (Å²) in [6.07, 6.45) is 5.28. The molecule has 0 aliphatic carbocycles. The van der Waals surface area contributed by atoms with Crippen molar-refractivity contribution in [3.05, 3.63) is 90.3 Å². The number of rotatable bonds is 5. The minimum Gasteiger partial charge on any atom is -0.442 e. The van der Waals surface area contributed by atoms with E-state index in [-0.39, 0.29) is 29.4 Å². The SMILES string of the molecule is CC(C)(C)OC(=O)n1cc(Nc2nccc(-c3cc(C#N)c4c(ccn4C(=O)Cc4ccccc4F)c3)n2)cn1. The van der Waals surface area contributed by atoms with E-state index in [4.69, 9.17) is 4.74 Å². The highest BCUT2D eigenvalue weighted by molar-refractivity contribution is 5.98. The van der Waals surface area contributed by atoms with Crippen LogP contribution in [0.3, 0.4) is 0 Å². The van der Waals surface area contributed by atoms with E-state index in [1.165, 1.54) is 23.0 Å². The molecule has 10 nitrogen and oxygen atoms in total. The molecule has 0 unspecified atom stereocenters. The minimum absolute atomic E-state index is 0.144. The number of halogens is 1. The van der Waals surface area contributed by atoms with Crippen molar-refractivity contribution < 1.29 is 18.7 Å². The van der Waals surface area contributed by atoms with Crippen LogP contribution in [0, 0.1) is 17.1 Å². The molecule has 1 N–H and O–H groups in total. The number of hydrogen-bond donors (Lipinski definition) is 1. The van der Waals surface area contributed by atoms with Crippen molar-refractivity contribution in [3.63, 3.8) is 0 Å². The molecule has 3 aromatic heterocycles. The predicted molar refractivity (Wildman–Crippen MR) is 146 cm³/mol. The molecule has 0 radical (unpaired) electrons. The van der Waals surface area contributed by atoms with Gasteiger partial charge in [0.05, 0.1) is 41.3 Å². The molecule has 0 fully saturated rings. The van der Waals surface area contributed by atoms with Crippen LogP contribution in [0.15, 0.2) is 73.3 Å². The molecule has 5 rings (SSSR count). The molecule has 0 aliphatic heterocycles. The van der Waals surface area contributed by atoms with Gasteiger partial charge >= 0.3 is 6.09 Å². The molecule has 5 aromatic rings. The van der Waals surface area contributed by atoms with Crippen molar-refractivity contribution in [2.75, 3.05) is 5.32 Å². The van der Waals surface area contributed by atoms with Crippen LogP contribution in [-0.2, 0) is 11.2 Å². The molecule has 0 saturated heterocycles. The second kappa shape index (κ2) is 10.4. The second-order valence-electron chi connectivity index (χ2n) is 9.97. The third-order valence-corrected chi connectivity index (χ3v) is 5.84. The van der Waals surface area contributed by atoms with Crippen molar-refractivity contribution in [1.29, 1.82) is 5.26 Å². The van der Waals surface area contributed by atoms with Crippen LogP contribution in [0.4, 0.5) is 20.8 Å². The smallest absolute Gasteiger partial charge is 0.435 e. The molecule has 0 aliphatic rings. The van der Waals surface area contributed by atoms with Gasteiger partial charge in [0.2, 0.25) is 11.9 Å². The number of fused-ring (bicyclic) bond motifs is 1. The first-order valence-corrected chi connectivity index (χ1v) is 12.3. The van der Waals surface area contributed by atoms with Crippen molar-refractivity contribution >= 4 is 34.5 Å². The number of ether oxygens (including phenoxy) is 1. The van der Waals surface area contributed by atoms with E-state index < -0.39 is 17.5 Å². The van der Waals surface area contributed by atoms with Gasteiger partial charge in [0, 0.05) is 23.3 Å². The Balaban J connectivity index is 1.40. The average molecular weight is 538 g/mol. The number of benzene rings is 2. The lowest BCUT2D eigenvalue weighted by Gasteiger charge is -2.18.